The molecule has 7 heteroatoms. The molecule has 0 radical (unpaired) electrons. The third-order valence-corrected chi connectivity index (χ3v) is 12.3. The van der Waals surface area contributed by atoms with Crippen molar-refractivity contribution in [3.63, 3.8) is 0 Å². The Balaban J connectivity index is 1.73. The Morgan fingerprint density at radius 1 is 1.19 bits per heavy atom. The van der Waals surface area contributed by atoms with Crippen molar-refractivity contribution < 1.29 is 34.4 Å². The van der Waals surface area contributed by atoms with Gasteiger partial charge in [0.05, 0.1) is 24.9 Å². The molecule has 5 aliphatic rings. The second kappa shape index (κ2) is 8.15. The number of allylic oxidation sites excluding steroid dienone is 2. The Kier molecular flexibility index (Phi) is 5.93. The number of aliphatic hydroxyl groups is 3. The van der Waals surface area contributed by atoms with Crippen LogP contribution >= 0.6 is 0 Å². The number of methoxy groups -OCH3 is 1. The molecule has 0 saturated heterocycles. The standard InChI is InChI=1S/C30H44O7/c1-18-9-10-25(3)11-13-27(5)23-20(32)16-28(19(2)31)17-37-22(33)8-7-21(28)26(23,4)12-14-29(27,24(34)36-6)30(25,35)15-18/h7-9,19-21,23,31-32,35H,10-17H2,1-6H3. The SMILES string of the molecule is COC(=O)C12CCC3(C)C4C=CC(=O)OCC4(C(C)O)CC(O)C3C1(C)CCC1(C)CC=C(C)CC12O. The maximum atomic E-state index is 14.1. The summed E-state index contributed by atoms with van der Waals surface area (Å²) in [4.78, 5) is 26.4. The minimum atomic E-state index is -1.32. The topological polar surface area (TPSA) is 113 Å². The minimum absolute atomic E-state index is 0.0331. The molecule has 0 bridgehead atoms. The molecule has 1 heterocycles. The van der Waals surface area contributed by atoms with Gasteiger partial charge in [0, 0.05) is 16.9 Å². The molecule has 10 atom stereocenters. The van der Waals surface area contributed by atoms with Gasteiger partial charge in [-0.2, -0.15) is 0 Å². The van der Waals surface area contributed by atoms with Crippen LogP contribution in [-0.2, 0) is 19.1 Å². The fourth-order valence-electron chi connectivity index (χ4n) is 10.4. The van der Waals surface area contributed by atoms with E-state index in [2.05, 4.69) is 26.8 Å². The maximum absolute atomic E-state index is 14.1. The summed E-state index contributed by atoms with van der Waals surface area (Å²) in [5.41, 5.74) is -4.09. The van der Waals surface area contributed by atoms with E-state index in [0.29, 0.717) is 32.1 Å². The molecule has 4 aliphatic carbocycles. The highest BCUT2D eigenvalue weighted by molar-refractivity contribution is 5.82. The van der Waals surface area contributed by atoms with Crippen molar-refractivity contribution in [1.29, 1.82) is 0 Å². The Morgan fingerprint density at radius 3 is 2.54 bits per heavy atom. The van der Waals surface area contributed by atoms with E-state index in [1.165, 1.54) is 13.2 Å². The van der Waals surface area contributed by atoms with Crippen molar-refractivity contribution >= 4 is 11.9 Å². The van der Waals surface area contributed by atoms with Gasteiger partial charge in [-0.25, -0.2) is 4.79 Å². The third-order valence-electron chi connectivity index (χ3n) is 12.3. The maximum Gasteiger partial charge on any atom is 0.330 e. The average Bonchev–Trinajstić information content (AvgIpc) is 3.00. The van der Waals surface area contributed by atoms with Gasteiger partial charge in [-0.1, -0.05) is 38.5 Å². The van der Waals surface area contributed by atoms with Crippen LogP contribution < -0.4 is 0 Å². The first-order valence-electron chi connectivity index (χ1n) is 13.8. The molecule has 0 aromatic carbocycles. The summed E-state index contributed by atoms with van der Waals surface area (Å²) in [6, 6.07) is 0. The molecule has 3 N–H and O–H groups in total. The molecule has 10 unspecified atom stereocenters. The number of cyclic esters (lactones) is 1. The van der Waals surface area contributed by atoms with Gasteiger partial charge in [-0.3, -0.25) is 4.79 Å². The highest BCUT2D eigenvalue weighted by atomic mass is 16.5. The Bertz CT molecular complexity index is 1060. The monoisotopic (exact) mass is 516 g/mol. The quantitative estimate of drug-likeness (QED) is 0.379. The van der Waals surface area contributed by atoms with Crippen molar-refractivity contribution in [3.05, 3.63) is 23.8 Å². The van der Waals surface area contributed by atoms with Crippen LogP contribution in [0.15, 0.2) is 23.8 Å². The fraction of sp³-hybridized carbons (Fsp3) is 0.800. The van der Waals surface area contributed by atoms with E-state index in [-0.39, 0.29) is 24.9 Å². The normalized spacial score (nSPS) is 51.8. The van der Waals surface area contributed by atoms with Crippen molar-refractivity contribution in [2.45, 2.75) is 97.4 Å². The van der Waals surface area contributed by atoms with Crippen LogP contribution in [-0.4, -0.2) is 58.8 Å². The van der Waals surface area contributed by atoms with Crippen LogP contribution in [0.25, 0.3) is 0 Å². The van der Waals surface area contributed by atoms with E-state index in [0.717, 1.165) is 12.0 Å². The van der Waals surface area contributed by atoms with Gasteiger partial charge in [0.15, 0.2) is 0 Å². The Morgan fingerprint density at radius 2 is 1.89 bits per heavy atom. The molecular formula is C30H44O7. The summed E-state index contributed by atoms with van der Waals surface area (Å²) in [5.74, 6) is -1.44. The first kappa shape index (κ1) is 26.9. The Labute approximate surface area is 220 Å². The summed E-state index contributed by atoms with van der Waals surface area (Å²) in [6.07, 6.45) is 7.54. The molecule has 0 aromatic rings. The van der Waals surface area contributed by atoms with Gasteiger partial charge in [-0.15, -0.1) is 0 Å². The predicted molar refractivity (Wildman–Crippen MR) is 137 cm³/mol. The number of aliphatic hydroxyl groups excluding tert-OH is 2. The number of hydrogen-bond donors (Lipinski definition) is 3. The fourth-order valence-corrected chi connectivity index (χ4v) is 10.4. The highest BCUT2D eigenvalue weighted by Crippen LogP contribution is 2.78. The van der Waals surface area contributed by atoms with E-state index in [9.17, 15) is 24.9 Å². The molecule has 3 saturated carbocycles. The van der Waals surface area contributed by atoms with Gasteiger partial charge < -0.3 is 24.8 Å². The predicted octanol–water partition coefficient (Wildman–Crippen LogP) is 3.70. The lowest BCUT2D eigenvalue weighted by molar-refractivity contribution is -0.318. The summed E-state index contributed by atoms with van der Waals surface area (Å²) >= 11 is 0. The van der Waals surface area contributed by atoms with Crippen molar-refractivity contribution in [2.75, 3.05) is 13.7 Å². The van der Waals surface area contributed by atoms with Crippen LogP contribution in [0.5, 0.6) is 0 Å². The Hall–Kier alpha value is -1.70. The van der Waals surface area contributed by atoms with Crippen molar-refractivity contribution in [2.24, 2.45) is 38.9 Å². The van der Waals surface area contributed by atoms with Gasteiger partial charge in [0.25, 0.3) is 0 Å². The third kappa shape index (κ3) is 3.05. The zero-order chi connectivity index (χ0) is 27.2. The molecule has 206 valence electrons. The second-order valence-corrected chi connectivity index (χ2v) is 13.8. The number of ether oxygens (including phenoxy) is 2. The second-order valence-electron chi connectivity index (χ2n) is 13.8. The number of hydrogen-bond acceptors (Lipinski definition) is 7. The van der Waals surface area contributed by atoms with Gasteiger partial charge in [0.1, 0.15) is 12.0 Å². The van der Waals surface area contributed by atoms with E-state index < -0.39 is 56.8 Å². The number of fused-ring (bicyclic) bond motifs is 7. The van der Waals surface area contributed by atoms with Gasteiger partial charge in [-0.05, 0) is 81.5 Å². The van der Waals surface area contributed by atoms with E-state index in [1.807, 2.05) is 13.0 Å². The molecule has 1 aliphatic heterocycles. The summed E-state index contributed by atoms with van der Waals surface area (Å²) in [5, 5.41) is 35.9. The van der Waals surface area contributed by atoms with Gasteiger partial charge >= 0.3 is 11.9 Å². The number of esters is 2. The first-order valence-corrected chi connectivity index (χ1v) is 13.8. The summed E-state index contributed by atoms with van der Waals surface area (Å²) < 4.78 is 11.0. The lowest BCUT2D eigenvalue weighted by atomic mass is 9.29. The van der Waals surface area contributed by atoms with Crippen LogP contribution in [0, 0.1) is 38.9 Å². The number of carbonyl (C=O) groups is 2. The molecule has 37 heavy (non-hydrogen) atoms. The zero-order valence-corrected chi connectivity index (χ0v) is 23.2. The largest absolute Gasteiger partial charge is 0.468 e. The lowest BCUT2D eigenvalue weighted by Crippen LogP contribution is -2.78. The molecule has 0 aromatic heterocycles. The van der Waals surface area contributed by atoms with Crippen LogP contribution in [0.3, 0.4) is 0 Å². The first-order chi connectivity index (χ1) is 17.2. The van der Waals surface area contributed by atoms with E-state index in [1.54, 1.807) is 6.92 Å². The zero-order valence-electron chi connectivity index (χ0n) is 23.2. The molecule has 3 fully saturated rings. The van der Waals surface area contributed by atoms with Crippen LogP contribution in [0.2, 0.25) is 0 Å². The smallest absolute Gasteiger partial charge is 0.330 e. The van der Waals surface area contributed by atoms with E-state index >= 15 is 0 Å². The van der Waals surface area contributed by atoms with Crippen LogP contribution in [0.4, 0.5) is 0 Å². The number of carbonyl (C=O) groups excluding carboxylic acids is 2. The van der Waals surface area contributed by atoms with E-state index in [4.69, 9.17) is 9.47 Å². The molecular weight excluding hydrogens is 472 g/mol. The van der Waals surface area contributed by atoms with Gasteiger partial charge in [0.2, 0.25) is 0 Å². The summed E-state index contributed by atoms with van der Waals surface area (Å²) in [7, 11) is 1.40. The number of rotatable bonds is 2. The van der Waals surface area contributed by atoms with Crippen LogP contribution in [0.1, 0.15) is 79.6 Å². The highest BCUT2D eigenvalue weighted by Gasteiger charge is 2.80. The minimum Gasteiger partial charge on any atom is -0.468 e. The molecule has 0 spiro atoms. The average molecular weight is 517 g/mol. The van der Waals surface area contributed by atoms with Crippen molar-refractivity contribution in [3.8, 4) is 0 Å². The molecule has 5 rings (SSSR count). The van der Waals surface area contributed by atoms with Crippen molar-refractivity contribution in [1.82, 2.24) is 0 Å². The molecule has 0 amide bonds. The lowest BCUT2D eigenvalue weighted by Gasteiger charge is -2.75. The molecule has 7 nitrogen and oxygen atoms in total. The summed E-state index contributed by atoms with van der Waals surface area (Å²) in [6.45, 7) is 10.1.